The largest absolute Gasteiger partial charge is 0.416 e. The summed E-state index contributed by atoms with van der Waals surface area (Å²) >= 11 is 0. The Morgan fingerprint density at radius 2 is 2.14 bits per heavy atom. The minimum absolute atomic E-state index is 0.0924. The van der Waals surface area contributed by atoms with Crippen molar-refractivity contribution in [3.8, 4) is 0 Å². The van der Waals surface area contributed by atoms with Gasteiger partial charge in [-0.2, -0.15) is 13.2 Å². The third kappa shape index (κ3) is 3.43. The van der Waals surface area contributed by atoms with Crippen molar-refractivity contribution in [1.82, 2.24) is 30.2 Å². The molecule has 0 aliphatic carbocycles. The van der Waals surface area contributed by atoms with Crippen LogP contribution in [0.25, 0.3) is 11.0 Å². The number of fused-ring (bicyclic) bond motifs is 1. The van der Waals surface area contributed by atoms with Crippen LogP contribution < -0.4 is 0 Å². The fourth-order valence-electron chi connectivity index (χ4n) is 3.43. The number of likely N-dealkylation sites (tertiary alicyclic amines) is 1. The Kier molecular flexibility index (Phi) is 4.52. The van der Waals surface area contributed by atoms with Gasteiger partial charge < -0.3 is 4.90 Å². The van der Waals surface area contributed by atoms with Gasteiger partial charge in [-0.15, -0.1) is 5.10 Å². The number of hydrogen-bond donors (Lipinski definition) is 0. The second-order valence-electron chi connectivity index (χ2n) is 6.84. The molecule has 0 bridgehead atoms. The molecule has 0 spiro atoms. The van der Waals surface area contributed by atoms with Crippen LogP contribution in [0.2, 0.25) is 0 Å². The van der Waals surface area contributed by atoms with Crippen LogP contribution in [0.4, 0.5) is 13.2 Å². The number of piperidine rings is 1. The van der Waals surface area contributed by atoms with Gasteiger partial charge in [0.2, 0.25) is 5.91 Å². The summed E-state index contributed by atoms with van der Waals surface area (Å²) in [6, 6.07) is 3.23. The van der Waals surface area contributed by atoms with E-state index in [9.17, 15) is 18.0 Å². The molecule has 1 atom stereocenters. The van der Waals surface area contributed by atoms with E-state index in [1.54, 1.807) is 16.5 Å². The Labute approximate surface area is 157 Å². The fraction of sp³-hybridized carbons (Fsp3) is 0.471. The minimum atomic E-state index is -4.43. The molecule has 11 heteroatoms. The lowest BCUT2D eigenvalue weighted by Gasteiger charge is -2.32. The quantitative estimate of drug-likeness (QED) is 0.678. The maximum atomic E-state index is 12.9. The second-order valence-corrected chi connectivity index (χ2v) is 6.84. The third-order valence-corrected chi connectivity index (χ3v) is 4.96. The van der Waals surface area contributed by atoms with Crippen molar-refractivity contribution in [2.75, 3.05) is 13.1 Å². The van der Waals surface area contributed by atoms with Crippen molar-refractivity contribution in [2.45, 2.75) is 38.4 Å². The predicted molar refractivity (Wildman–Crippen MR) is 90.1 cm³/mol. The first-order valence-electron chi connectivity index (χ1n) is 8.81. The number of carbonyl (C=O) groups is 1. The molecule has 0 radical (unpaired) electrons. The van der Waals surface area contributed by atoms with Gasteiger partial charge in [0.25, 0.3) is 0 Å². The van der Waals surface area contributed by atoms with Crippen LogP contribution in [-0.4, -0.2) is 49.2 Å². The minimum Gasteiger partial charge on any atom is -0.340 e. The van der Waals surface area contributed by atoms with Gasteiger partial charge in [-0.05, 0) is 38.0 Å². The van der Waals surface area contributed by atoms with Crippen molar-refractivity contribution >= 4 is 16.9 Å². The van der Waals surface area contributed by atoms with E-state index < -0.39 is 11.7 Å². The maximum Gasteiger partial charge on any atom is 0.416 e. The summed E-state index contributed by atoms with van der Waals surface area (Å²) in [6.07, 6.45) is -2.82. The zero-order chi connectivity index (χ0) is 19.9. The first kappa shape index (κ1) is 18.4. The highest BCUT2D eigenvalue weighted by Gasteiger charge is 2.32. The number of nitrogens with zero attached hydrogens (tertiary/aromatic N) is 6. The summed E-state index contributed by atoms with van der Waals surface area (Å²) in [7, 11) is 0. The summed E-state index contributed by atoms with van der Waals surface area (Å²) in [5.41, 5.74) is 1.01. The van der Waals surface area contributed by atoms with Gasteiger partial charge in [0, 0.05) is 13.1 Å². The van der Waals surface area contributed by atoms with Gasteiger partial charge >= 0.3 is 6.18 Å². The number of aromatic nitrogens is 5. The highest BCUT2D eigenvalue weighted by molar-refractivity contribution is 5.79. The smallest absolute Gasteiger partial charge is 0.340 e. The lowest BCUT2D eigenvalue weighted by atomic mass is 10.0. The molecule has 1 aliphatic heterocycles. The molecule has 0 N–H and O–H groups in total. The van der Waals surface area contributed by atoms with Crippen LogP contribution in [0.1, 0.15) is 35.8 Å². The summed E-state index contributed by atoms with van der Waals surface area (Å²) in [6.45, 7) is 2.72. The van der Waals surface area contributed by atoms with Crippen LogP contribution in [0.3, 0.4) is 0 Å². The van der Waals surface area contributed by atoms with Gasteiger partial charge in [-0.25, -0.2) is 9.31 Å². The SMILES string of the molecule is Cc1nonc1CC(=O)N1CCC[C@@H](n2nnc3cc(C(F)(F)F)ccc32)C1. The topological polar surface area (TPSA) is 89.9 Å². The van der Waals surface area contributed by atoms with Crippen molar-refractivity contribution in [3.05, 3.63) is 35.2 Å². The Bertz CT molecular complexity index is 1010. The van der Waals surface area contributed by atoms with Crippen molar-refractivity contribution in [2.24, 2.45) is 0 Å². The predicted octanol–water partition coefficient (Wildman–Crippen LogP) is 2.55. The van der Waals surface area contributed by atoms with Gasteiger partial charge in [0.05, 0.1) is 23.5 Å². The zero-order valence-electron chi connectivity index (χ0n) is 15.0. The number of hydrogen-bond acceptors (Lipinski definition) is 6. The molecule has 0 saturated carbocycles. The number of aryl methyl sites for hydroxylation is 1. The normalized spacial score (nSPS) is 18.0. The molecular weight excluding hydrogens is 377 g/mol. The number of benzene rings is 1. The molecule has 3 heterocycles. The zero-order valence-corrected chi connectivity index (χ0v) is 15.0. The lowest BCUT2D eigenvalue weighted by Crippen LogP contribution is -2.41. The molecule has 1 amide bonds. The molecule has 4 rings (SSSR count). The highest BCUT2D eigenvalue weighted by Crippen LogP contribution is 2.32. The molecule has 1 aromatic carbocycles. The van der Waals surface area contributed by atoms with Crippen molar-refractivity contribution in [3.63, 3.8) is 0 Å². The molecule has 28 heavy (non-hydrogen) atoms. The standard InChI is InChI=1S/C17H17F3N6O2/c1-10-13(23-28-22-10)8-16(27)25-6-2-3-12(9-25)26-15-5-4-11(17(18,19)20)7-14(15)21-24-26/h4-5,7,12H,2-3,6,8-9H2,1H3/t12-/m1/s1. The summed E-state index contributed by atoms with van der Waals surface area (Å²) in [5, 5.41) is 15.3. The van der Waals surface area contributed by atoms with Crippen molar-refractivity contribution in [1.29, 1.82) is 0 Å². The monoisotopic (exact) mass is 394 g/mol. The molecule has 3 aromatic rings. The van der Waals surface area contributed by atoms with E-state index in [1.165, 1.54) is 6.07 Å². The molecule has 2 aromatic heterocycles. The van der Waals surface area contributed by atoms with E-state index in [2.05, 4.69) is 25.3 Å². The number of amides is 1. The Morgan fingerprint density at radius 3 is 2.86 bits per heavy atom. The Morgan fingerprint density at radius 1 is 1.32 bits per heavy atom. The Balaban J connectivity index is 1.53. The number of alkyl halides is 3. The summed E-state index contributed by atoms with van der Waals surface area (Å²) in [4.78, 5) is 14.3. The molecule has 8 nitrogen and oxygen atoms in total. The molecule has 1 aliphatic rings. The average Bonchev–Trinajstić information content (AvgIpc) is 3.27. The summed E-state index contributed by atoms with van der Waals surface area (Å²) < 4.78 is 44.9. The van der Waals surface area contributed by atoms with E-state index in [1.807, 2.05) is 0 Å². The van der Waals surface area contributed by atoms with Crippen LogP contribution in [-0.2, 0) is 17.4 Å². The average molecular weight is 394 g/mol. The van der Waals surface area contributed by atoms with Crippen LogP contribution >= 0.6 is 0 Å². The van der Waals surface area contributed by atoms with E-state index in [-0.39, 0.29) is 23.9 Å². The van der Waals surface area contributed by atoms with E-state index in [0.29, 0.717) is 30.0 Å². The van der Waals surface area contributed by atoms with Crippen LogP contribution in [0.15, 0.2) is 22.8 Å². The number of carbonyl (C=O) groups excluding carboxylic acids is 1. The number of halogens is 3. The number of rotatable bonds is 3. The van der Waals surface area contributed by atoms with Crippen molar-refractivity contribution < 1.29 is 22.6 Å². The second kappa shape index (κ2) is 6.88. The highest BCUT2D eigenvalue weighted by atomic mass is 19.4. The van der Waals surface area contributed by atoms with Gasteiger partial charge in [0.15, 0.2) is 0 Å². The molecular formula is C17H17F3N6O2. The maximum absolute atomic E-state index is 12.9. The van der Waals surface area contributed by atoms with Crippen LogP contribution in [0.5, 0.6) is 0 Å². The van der Waals surface area contributed by atoms with Gasteiger partial charge in [0.1, 0.15) is 16.9 Å². The Hall–Kier alpha value is -2.98. The molecule has 1 saturated heterocycles. The first-order chi connectivity index (χ1) is 13.3. The molecule has 148 valence electrons. The fourth-order valence-corrected chi connectivity index (χ4v) is 3.43. The van der Waals surface area contributed by atoms with Gasteiger partial charge in [-0.3, -0.25) is 4.79 Å². The first-order valence-corrected chi connectivity index (χ1v) is 8.81. The lowest BCUT2D eigenvalue weighted by molar-refractivity contribution is -0.137. The third-order valence-electron chi connectivity index (χ3n) is 4.96. The summed E-state index contributed by atoms with van der Waals surface area (Å²) in [5.74, 6) is -0.104. The van der Waals surface area contributed by atoms with E-state index >= 15 is 0 Å². The molecule has 1 fully saturated rings. The van der Waals surface area contributed by atoms with Crippen LogP contribution in [0, 0.1) is 6.92 Å². The molecule has 0 unspecified atom stereocenters. The van der Waals surface area contributed by atoms with E-state index in [4.69, 9.17) is 0 Å². The van der Waals surface area contributed by atoms with Gasteiger partial charge in [-0.1, -0.05) is 15.5 Å². The van der Waals surface area contributed by atoms with E-state index in [0.717, 1.165) is 25.0 Å².